The number of aryl methyl sites for hydroxylation is 1. The highest BCUT2D eigenvalue weighted by atomic mass is 35.5. The third-order valence-electron chi connectivity index (χ3n) is 1.65. The van der Waals surface area contributed by atoms with Crippen molar-refractivity contribution in [2.24, 2.45) is 0 Å². The normalized spacial score (nSPS) is 10.4. The van der Waals surface area contributed by atoms with Crippen LogP contribution in [0.15, 0.2) is 33.3 Å². The summed E-state index contributed by atoms with van der Waals surface area (Å²) in [7, 11) is 0. The Balaban J connectivity index is 2.30. The molecule has 0 bridgehead atoms. The number of nitrogens with zero attached hydrogens (tertiary/aromatic N) is 3. The summed E-state index contributed by atoms with van der Waals surface area (Å²) in [5.74, 6) is 0. The van der Waals surface area contributed by atoms with E-state index < -0.39 is 0 Å². The average Bonchev–Trinajstić information content (AvgIpc) is 2.15. The van der Waals surface area contributed by atoms with Crippen LogP contribution in [-0.4, -0.2) is 19.9 Å². The second kappa shape index (κ2) is 4.63. The lowest BCUT2D eigenvalue weighted by Gasteiger charge is -2.00. The van der Waals surface area contributed by atoms with Crippen molar-refractivity contribution < 1.29 is 0 Å². The van der Waals surface area contributed by atoms with E-state index in [-0.39, 0.29) is 10.8 Å². The Hall–Kier alpha value is -1.40. The molecule has 82 valence electrons. The molecule has 2 heterocycles. The first-order valence-corrected chi connectivity index (χ1v) is 5.57. The van der Waals surface area contributed by atoms with Gasteiger partial charge >= 0.3 is 0 Å². The van der Waals surface area contributed by atoms with E-state index in [0.717, 1.165) is 0 Å². The minimum absolute atomic E-state index is 0.167. The molecule has 2 aromatic heterocycles. The zero-order valence-corrected chi connectivity index (χ0v) is 9.84. The first-order valence-electron chi connectivity index (χ1n) is 4.38. The molecule has 0 aromatic carbocycles. The van der Waals surface area contributed by atoms with E-state index in [1.165, 1.54) is 17.8 Å². The summed E-state index contributed by atoms with van der Waals surface area (Å²) in [5.41, 5.74) is 0.474. The molecule has 0 saturated carbocycles. The van der Waals surface area contributed by atoms with Gasteiger partial charge in [0.05, 0.1) is 0 Å². The largest absolute Gasteiger partial charge is 0.301 e. The number of H-pyrrole nitrogens is 1. The van der Waals surface area contributed by atoms with Gasteiger partial charge in [0.1, 0.15) is 5.03 Å². The van der Waals surface area contributed by atoms with Gasteiger partial charge in [0.2, 0.25) is 5.28 Å². The molecule has 2 aromatic rings. The van der Waals surface area contributed by atoms with E-state index in [0.29, 0.717) is 15.9 Å². The van der Waals surface area contributed by atoms with Crippen LogP contribution < -0.4 is 5.56 Å². The van der Waals surface area contributed by atoms with E-state index in [4.69, 9.17) is 11.6 Å². The molecule has 0 aliphatic carbocycles. The van der Waals surface area contributed by atoms with Crippen LogP contribution in [0, 0.1) is 6.92 Å². The Morgan fingerprint density at radius 1 is 1.44 bits per heavy atom. The van der Waals surface area contributed by atoms with Gasteiger partial charge in [0.15, 0.2) is 5.16 Å². The van der Waals surface area contributed by atoms with E-state index in [1.807, 2.05) is 0 Å². The Bertz CT molecular complexity index is 571. The van der Waals surface area contributed by atoms with Gasteiger partial charge in [-0.05, 0) is 36.4 Å². The Morgan fingerprint density at radius 3 is 2.94 bits per heavy atom. The zero-order valence-electron chi connectivity index (χ0n) is 8.27. The standard InChI is InChI=1S/C9H7ClN4OS/c1-5-4-6(15)13-9(12-5)16-7-2-3-11-8(10)14-7/h2-4H,1H3,(H,12,13,15). The van der Waals surface area contributed by atoms with Gasteiger partial charge in [-0.15, -0.1) is 0 Å². The summed E-state index contributed by atoms with van der Waals surface area (Å²) in [6.45, 7) is 1.76. The summed E-state index contributed by atoms with van der Waals surface area (Å²) < 4.78 is 0. The fourth-order valence-corrected chi connectivity index (χ4v) is 2.07. The predicted molar refractivity (Wildman–Crippen MR) is 60.8 cm³/mol. The molecule has 5 nitrogen and oxygen atoms in total. The van der Waals surface area contributed by atoms with E-state index >= 15 is 0 Å². The molecule has 0 radical (unpaired) electrons. The Morgan fingerprint density at radius 2 is 2.25 bits per heavy atom. The maximum atomic E-state index is 11.2. The lowest BCUT2D eigenvalue weighted by molar-refractivity contribution is 0.900. The second-order valence-corrected chi connectivity index (χ2v) is 4.31. The van der Waals surface area contributed by atoms with Crippen molar-refractivity contribution in [1.82, 2.24) is 19.9 Å². The Labute approximate surface area is 100 Å². The lowest BCUT2D eigenvalue weighted by atomic mass is 10.5. The van der Waals surface area contributed by atoms with Crippen molar-refractivity contribution >= 4 is 23.4 Å². The van der Waals surface area contributed by atoms with E-state index in [1.54, 1.807) is 19.2 Å². The van der Waals surface area contributed by atoms with Crippen molar-refractivity contribution in [3.8, 4) is 0 Å². The maximum absolute atomic E-state index is 11.2. The second-order valence-electron chi connectivity index (χ2n) is 2.96. The number of aromatic amines is 1. The van der Waals surface area contributed by atoms with Gasteiger partial charge in [-0.2, -0.15) is 0 Å². The molecule has 0 saturated heterocycles. The molecule has 0 aliphatic heterocycles. The van der Waals surface area contributed by atoms with Crippen molar-refractivity contribution in [2.75, 3.05) is 0 Å². The molecule has 0 unspecified atom stereocenters. The highest BCUT2D eigenvalue weighted by molar-refractivity contribution is 7.99. The minimum atomic E-state index is -0.185. The first-order chi connectivity index (χ1) is 7.63. The Kier molecular flexibility index (Phi) is 3.21. The number of nitrogens with one attached hydrogen (secondary N) is 1. The van der Waals surface area contributed by atoms with Crippen LogP contribution in [0.5, 0.6) is 0 Å². The number of hydrogen-bond acceptors (Lipinski definition) is 5. The fourth-order valence-electron chi connectivity index (χ4n) is 1.08. The van der Waals surface area contributed by atoms with Gasteiger partial charge in [-0.1, -0.05) is 0 Å². The minimum Gasteiger partial charge on any atom is -0.301 e. The van der Waals surface area contributed by atoms with Crippen LogP contribution in [0.1, 0.15) is 5.69 Å². The smallest absolute Gasteiger partial charge is 0.251 e. The molecule has 2 rings (SSSR count). The molecule has 0 fully saturated rings. The average molecular weight is 255 g/mol. The van der Waals surface area contributed by atoms with Crippen LogP contribution in [0.25, 0.3) is 0 Å². The van der Waals surface area contributed by atoms with Crippen molar-refractivity contribution in [2.45, 2.75) is 17.1 Å². The van der Waals surface area contributed by atoms with Crippen LogP contribution in [0.3, 0.4) is 0 Å². The van der Waals surface area contributed by atoms with Gasteiger partial charge in [-0.3, -0.25) is 4.79 Å². The van der Waals surface area contributed by atoms with Gasteiger partial charge < -0.3 is 4.98 Å². The highest BCUT2D eigenvalue weighted by Gasteiger charge is 2.03. The third kappa shape index (κ3) is 2.80. The fraction of sp³-hybridized carbons (Fsp3) is 0.111. The summed E-state index contributed by atoms with van der Waals surface area (Å²) in [6, 6.07) is 3.12. The van der Waals surface area contributed by atoms with Crippen LogP contribution in [0.4, 0.5) is 0 Å². The molecule has 0 amide bonds. The number of aromatic nitrogens is 4. The molecule has 0 aliphatic rings. The monoisotopic (exact) mass is 254 g/mol. The van der Waals surface area contributed by atoms with Gasteiger partial charge in [0, 0.05) is 18.0 Å². The van der Waals surface area contributed by atoms with Crippen LogP contribution in [0.2, 0.25) is 5.28 Å². The number of halogens is 1. The number of hydrogen-bond donors (Lipinski definition) is 1. The molecule has 0 spiro atoms. The summed E-state index contributed by atoms with van der Waals surface area (Å²) >= 11 is 6.87. The maximum Gasteiger partial charge on any atom is 0.251 e. The summed E-state index contributed by atoms with van der Waals surface area (Å²) in [6.07, 6.45) is 1.55. The predicted octanol–water partition coefficient (Wildman–Crippen LogP) is 1.67. The van der Waals surface area contributed by atoms with Crippen molar-refractivity contribution in [3.63, 3.8) is 0 Å². The van der Waals surface area contributed by atoms with Crippen LogP contribution >= 0.6 is 23.4 Å². The van der Waals surface area contributed by atoms with E-state index in [2.05, 4.69) is 19.9 Å². The molecule has 16 heavy (non-hydrogen) atoms. The molecular formula is C9H7ClN4OS. The zero-order chi connectivity index (χ0) is 11.5. The highest BCUT2D eigenvalue weighted by Crippen LogP contribution is 2.21. The van der Waals surface area contributed by atoms with Gasteiger partial charge in [-0.25, -0.2) is 15.0 Å². The van der Waals surface area contributed by atoms with Crippen molar-refractivity contribution in [3.05, 3.63) is 39.7 Å². The molecular weight excluding hydrogens is 248 g/mol. The third-order valence-corrected chi connectivity index (χ3v) is 2.66. The van der Waals surface area contributed by atoms with E-state index in [9.17, 15) is 4.79 Å². The quantitative estimate of drug-likeness (QED) is 0.652. The molecule has 0 atom stereocenters. The first kappa shape index (κ1) is 11.1. The lowest BCUT2D eigenvalue weighted by Crippen LogP contribution is -2.07. The van der Waals surface area contributed by atoms with Crippen molar-refractivity contribution in [1.29, 1.82) is 0 Å². The summed E-state index contributed by atoms with van der Waals surface area (Å²) in [5, 5.41) is 1.29. The SMILES string of the molecule is Cc1cc(=O)[nH]c(Sc2ccnc(Cl)n2)n1. The number of rotatable bonds is 2. The van der Waals surface area contributed by atoms with Gasteiger partial charge in [0.25, 0.3) is 5.56 Å². The van der Waals surface area contributed by atoms with Crippen LogP contribution in [-0.2, 0) is 0 Å². The summed E-state index contributed by atoms with van der Waals surface area (Å²) in [4.78, 5) is 25.7. The molecule has 1 N–H and O–H groups in total. The topological polar surface area (TPSA) is 71.5 Å². The molecule has 7 heteroatoms.